The molecule has 154 valence electrons. The first kappa shape index (κ1) is 19.4. The third-order valence-corrected chi connectivity index (χ3v) is 7.91. The molecule has 3 aliphatic rings. The van der Waals surface area contributed by atoms with E-state index in [1.54, 1.807) is 11.8 Å². The van der Waals surface area contributed by atoms with Crippen LogP contribution in [0, 0.1) is 5.92 Å². The highest BCUT2D eigenvalue weighted by molar-refractivity contribution is 7.99. The number of thioether (sulfide) groups is 1. The standard InChI is InChI=1S/C21H26ClN5OS/c1-14-18(28-13-23-14)19-24-25-20(26(19)2)29-9-3-8-27-11-16-10-21(16,12-27)15-4-6-17(22)7-5-15/h4-7,13-14,16,18H,3,8-12H2,1-2H3/t14?,16-,18?,21+/m1/s1. The monoisotopic (exact) mass is 431 g/mol. The largest absolute Gasteiger partial charge is 0.470 e. The number of hydrogen-bond donors (Lipinski definition) is 0. The van der Waals surface area contributed by atoms with Crippen LogP contribution in [0.2, 0.25) is 5.02 Å². The minimum absolute atomic E-state index is 0.0883. The summed E-state index contributed by atoms with van der Waals surface area (Å²) in [6.07, 6.45) is 3.87. The lowest BCUT2D eigenvalue weighted by Crippen LogP contribution is -2.27. The zero-order valence-corrected chi connectivity index (χ0v) is 18.4. The number of fused-ring (bicyclic) bond motifs is 1. The van der Waals surface area contributed by atoms with Crippen molar-refractivity contribution >= 4 is 29.8 Å². The van der Waals surface area contributed by atoms with Gasteiger partial charge in [0.25, 0.3) is 0 Å². The highest BCUT2D eigenvalue weighted by Crippen LogP contribution is 2.59. The molecular formula is C21H26ClN5OS. The predicted octanol–water partition coefficient (Wildman–Crippen LogP) is 3.71. The van der Waals surface area contributed by atoms with Crippen molar-refractivity contribution < 1.29 is 4.74 Å². The van der Waals surface area contributed by atoms with E-state index in [0.29, 0.717) is 5.41 Å². The molecule has 0 radical (unpaired) electrons. The van der Waals surface area contributed by atoms with E-state index in [2.05, 4.69) is 32.2 Å². The zero-order chi connectivity index (χ0) is 20.0. The summed E-state index contributed by atoms with van der Waals surface area (Å²) in [6, 6.07) is 8.57. The second-order valence-corrected chi connectivity index (χ2v) is 9.95. The van der Waals surface area contributed by atoms with Crippen molar-refractivity contribution in [2.45, 2.75) is 42.5 Å². The number of aliphatic imine (C=N–C) groups is 1. The van der Waals surface area contributed by atoms with Gasteiger partial charge in [0.15, 0.2) is 23.5 Å². The lowest BCUT2D eigenvalue weighted by Gasteiger charge is -2.21. The van der Waals surface area contributed by atoms with E-state index in [1.807, 2.05) is 30.7 Å². The average Bonchev–Trinajstić information content (AvgIpc) is 3.02. The molecule has 0 N–H and O–H groups in total. The topological polar surface area (TPSA) is 55.5 Å². The summed E-state index contributed by atoms with van der Waals surface area (Å²) in [4.78, 5) is 6.88. The Balaban J connectivity index is 1.10. The number of halogens is 1. The molecule has 2 aromatic rings. The molecule has 6 nitrogen and oxygen atoms in total. The maximum atomic E-state index is 6.06. The summed E-state index contributed by atoms with van der Waals surface area (Å²) in [6.45, 7) is 5.57. The van der Waals surface area contributed by atoms with Crippen molar-refractivity contribution in [2.24, 2.45) is 18.0 Å². The number of aromatic nitrogens is 3. The summed E-state index contributed by atoms with van der Waals surface area (Å²) >= 11 is 7.83. The van der Waals surface area contributed by atoms with Crippen molar-refractivity contribution in [1.82, 2.24) is 19.7 Å². The maximum absolute atomic E-state index is 6.06. The molecule has 1 saturated heterocycles. The van der Waals surface area contributed by atoms with Crippen molar-refractivity contribution in [2.75, 3.05) is 25.4 Å². The van der Waals surface area contributed by atoms with Crippen LogP contribution in [-0.2, 0) is 17.2 Å². The first-order valence-electron chi connectivity index (χ1n) is 10.2. The van der Waals surface area contributed by atoms with Crippen LogP contribution in [0.4, 0.5) is 0 Å². The Hall–Kier alpha value is -1.57. The molecule has 1 aromatic heterocycles. The molecular weight excluding hydrogens is 406 g/mol. The lowest BCUT2D eigenvalue weighted by molar-refractivity contribution is 0.194. The Bertz CT molecular complexity index is 916. The third-order valence-electron chi connectivity index (χ3n) is 6.55. The number of piperidine rings is 1. The highest BCUT2D eigenvalue weighted by atomic mass is 35.5. The number of ether oxygens (including phenoxy) is 1. The first-order valence-corrected chi connectivity index (χ1v) is 11.6. The number of hydrogen-bond acceptors (Lipinski definition) is 6. The Labute approximate surface area is 180 Å². The van der Waals surface area contributed by atoms with E-state index in [9.17, 15) is 0 Å². The fourth-order valence-corrected chi connectivity index (χ4v) is 5.77. The minimum Gasteiger partial charge on any atom is -0.470 e. The summed E-state index contributed by atoms with van der Waals surface area (Å²) < 4.78 is 7.61. The van der Waals surface area contributed by atoms with Gasteiger partial charge in [0, 0.05) is 36.3 Å². The van der Waals surface area contributed by atoms with E-state index in [4.69, 9.17) is 16.3 Å². The van der Waals surface area contributed by atoms with E-state index in [1.165, 1.54) is 31.5 Å². The quantitative estimate of drug-likeness (QED) is 0.494. The van der Waals surface area contributed by atoms with Gasteiger partial charge in [-0.1, -0.05) is 35.5 Å². The van der Waals surface area contributed by atoms with Crippen LogP contribution in [-0.4, -0.2) is 57.5 Å². The predicted molar refractivity (Wildman–Crippen MR) is 116 cm³/mol. The lowest BCUT2D eigenvalue weighted by atomic mass is 9.95. The van der Waals surface area contributed by atoms with Crippen LogP contribution in [0.25, 0.3) is 0 Å². The molecule has 8 heteroatoms. The van der Waals surface area contributed by atoms with Crippen LogP contribution < -0.4 is 0 Å². The van der Waals surface area contributed by atoms with E-state index >= 15 is 0 Å². The van der Waals surface area contributed by atoms with E-state index < -0.39 is 0 Å². The van der Waals surface area contributed by atoms with Gasteiger partial charge in [-0.3, -0.25) is 4.99 Å². The molecule has 1 aromatic carbocycles. The molecule has 4 atom stereocenters. The number of nitrogens with zero attached hydrogens (tertiary/aromatic N) is 5. The summed E-state index contributed by atoms with van der Waals surface area (Å²) in [5.41, 5.74) is 1.85. The van der Waals surface area contributed by atoms with E-state index in [-0.39, 0.29) is 12.1 Å². The number of rotatable bonds is 7. The number of benzene rings is 1. The molecule has 3 heterocycles. The molecule has 1 aliphatic carbocycles. The van der Waals surface area contributed by atoms with Gasteiger partial charge in [-0.15, -0.1) is 10.2 Å². The van der Waals surface area contributed by atoms with Gasteiger partial charge < -0.3 is 14.2 Å². The van der Waals surface area contributed by atoms with Crippen LogP contribution in [0.5, 0.6) is 0 Å². The van der Waals surface area contributed by atoms with Gasteiger partial charge in [0.05, 0.1) is 6.04 Å². The Kier molecular flexibility index (Phi) is 5.08. The van der Waals surface area contributed by atoms with Crippen LogP contribution in [0.15, 0.2) is 34.4 Å². The molecule has 29 heavy (non-hydrogen) atoms. The van der Waals surface area contributed by atoms with Gasteiger partial charge in [0.1, 0.15) is 0 Å². The Morgan fingerprint density at radius 3 is 2.86 bits per heavy atom. The van der Waals surface area contributed by atoms with Crippen molar-refractivity contribution in [3.8, 4) is 0 Å². The minimum atomic E-state index is -0.123. The van der Waals surface area contributed by atoms with Gasteiger partial charge in [0.2, 0.25) is 0 Å². The Morgan fingerprint density at radius 1 is 1.28 bits per heavy atom. The molecule has 2 fully saturated rings. The molecule has 2 aliphatic heterocycles. The second-order valence-electron chi connectivity index (χ2n) is 8.45. The van der Waals surface area contributed by atoms with E-state index in [0.717, 1.165) is 40.6 Å². The van der Waals surface area contributed by atoms with Gasteiger partial charge in [-0.25, -0.2) is 0 Å². The van der Waals surface area contributed by atoms with Crippen molar-refractivity contribution in [3.05, 3.63) is 40.7 Å². The van der Waals surface area contributed by atoms with Crippen LogP contribution in [0.1, 0.15) is 37.3 Å². The van der Waals surface area contributed by atoms with Gasteiger partial charge >= 0.3 is 0 Å². The SMILES string of the molecule is CC1N=COC1c1nnc(SCCCN2C[C@H]3C[C@@]3(c3ccc(Cl)cc3)C2)n1C. The molecule has 5 rings (SSSR count). The molecule has 0 amide bonds. The molecule has 0 bridgehead atoms. The van der Waals surface area contributed by atoms with Gasteiger partial charge in [-0.05, 0) is 49.9 Å². The zero-order valence-electron chi connectivity index (χ0n) is 16.8. The summed E-state index contributed by atoms with van der Waals surface area (Å²) in [5.74, 6) is 2.70. The highest BCUT2D eigenvalue weighted by Gasteiger charge is 2.60. The molecule has 0 spiro atoms. The van der Waals surface area contributed by atoms with Gasteiger partial charge in [-0.2, -0.15) is 0 Å². The first-order chi connectivity index (χ1) is 14.1. The smallest absolute Gasteiger partial charge is 0.191 e. The van der Waals surface area contributed by atoms with Crippen molar-refractivity contribution in [3.63, 3.8) is 0 Å². The van der Waals surface area contributed by atoms with Crippen molar-refractivity contribution in [1.29, 1.82) is 0 Å². The third kappa shape index (κ3) is 3.57. The fourth-order valence-electron chi connectivity index (χ4n) is 4.80. The number of likely N-dealkylation sites (tertiary alicyclic amines) is 1. The fraction of sp³-hybridized carbons (Fsp3) is 0.571. The summed E-state index contributed by atoms with van der Waals surface area (Å²) in [7, 11) is 2.01. The average molecular weight is 432 g/mol. The summed E-state index contributed by atoms with van der Waals surface area (Å²) in [5, 5.41) is 10.5. The normalized spacial score (nSPS) is 30.5. The van der Waals surface area contributed by atoms with Crippen LogP contribution in [0.3, 0.4) is 0 Å². The maximum Gasteiger partial charge on any atom is 0.191 e. The second kappa shape index (κ2) is 7.60. The molecule has 2 unspecified atom stereocenters. The Morgan fingerprint density at radius 2 is 2.10 bits per heavy atom. The molecule has 1 saturated carbocycles. The van der Waals surface area contributed by atoms with Crippen LogP contribution >= 0.6 is 23.4 Å².